The summed E-state index contributed by atoms with van der Waals surface area (Å²) in [5.74, 6) is 1.46. The third-order valence-electron chi connectivity index (χ3n) is 3.20. The Morgan fingerprint density at radius 3 is 2.36 bits per heavy atom. The molecule has 0 bridgehead atoms. The van der Waals surface area contributed by atoms with Gasteiger partial charge in [0.05, 0.1) is 6.54 Å². The van der Waals surface area contributed by atoms with Crippen molar-refractivity contribution < 1.29 is 4.21 Å². The summed E-state index contributed by atoms with van der Waals surface area (Å²) >= 11 is 0. The van der Waals surface area contributed by atoms with Gasteiger partial charge in [0.25, 0.3) is 0 Å². The molecule has 6 heteroatoms. The van der Waals surface area contributed by atoms with E-state index in [0.29, 0.717) is 18.3 Å². The zero-order valence-corrected chi connectivity index (χ0v) is 18.3. The Morgan fingerprint density at radius 1 is 1.23 bits per heavy atom. The number of hydrogen-bond acceptors (Lipinski definition) is 2. The monoisotopic (exact) mass is 445 g/mol. The van der Waals surface area contributed by atoms with Gasteiger partial charge >= 0.3 is 0 Å². The van der Waals surface area contributed by atoms with E-state index in [1.54, 1.807) is 0 Å². The molecule has 134 valence electrons. The second kappa shape index (κ2) is 13.6. The van der Waals surface area contributed by atoms with Crippen LogP contribution in [0.1, 0.15) is 67.2 Å². The summed E-state index contributed by atoms with van der Waals surface area (Å²) in [6, 6.07) is 0.419. The van der Waals surface area contributed by atoms with E-state index in [1.807, 2.05) is 20.8 Å². The van der Waals surface area contributed by atoms with Crippen LogP contribution in [0, 0.1) is 0 Å². The van der Waals surface area contributed by atoms with Gasteiger partial charge in [-0.05, 0) is 41.0 Å². The molecule has 0 fully saturated rings. The van der Waals surface area contributed by atoms with Crippen molar-refractivity contribution in [1.82, 2.24) is 10.6 Å². The van der Waals surface area contributed by atoms with Crippen LogP contribution in [-0.4, -0.2) is 39.8 Å². The van der Waals surface area contributed by atoms with Gasteiger partial charge in [0.2, 0.25) is 0 Å². The molecule has 0 saturated carbocycles. The first kappa shape index (κ1) is 24.4. The fourth-order valence-electron chi connectivity index (χ4n) is 1.87. The maximum absolute atomic E-state index is 12.0. The molecule has 2 unspecified atom stereocenters. The van der Waals surface area contributed by atoms with Gasteiger partial charge < -0.3 is 10.6 Å². The molecule has 0 aromatic carbocycles. The molecule has 22 heavy (non-hydrogen) atoms. The van der Waals surface area contributed by atoms with E-state index in [2.05, 4.69) is 36.4 Å². The highest BCUT2D eigenvalue weighted by molar-refractivity contribution is 14.0. The lowest BCUT2D eigenvalue weighted by Crippen LogP contribution is -2.42. The molecule has 0 saturated heterocycles. The standard InChI is InChI=1S/C16H35N3OS.HI/c1-7-9-10-11-14(3)19-15(17-8-2)18-12-13-21(20)16(4,5)6;/h14H,7-13H2,1-6H3,(H2,17,18,19);1H. The van der Waals surface area contributed by atoms with Crippen LogP contribution >= 0.6 is 24.0 Å². The Balaban J connectivity index is 0. The number of rotatable bonds is 9. The van der Waals surface area contributed by atoms with E-state index in [0.717, 1.165) is 18.9 Å². The van der Waals surface area contributed by atoms with Crippen molar-refractivity contribution in [3.05, 3.63) is 0 Å². The topological polar surface area (TPSA) is 53.5 Å². The number of halogens is 1. The van der Waals surface area contributed by atoms with Crippen LogP contribution in [0.25, 0.3) is 0 Å². The molecule has 0 aliphatic rings. The van der Waals surface area contributed by atoms with Gasteiger partial charge in [-0.2, -0.15) is 0 Å². The summed E-state index contributed by atoms with van der Waals surface area (Å²) < 4.78 is 11.8. The molecule has 0 aliphatic heterocycles. The number of guanidine groups is 1. The number of nitrogens with one attached hydrogen (secondary N) is 2. The maximum Gasteiger partial charge on any atom is 0.191 e. The molecular formula is C16H36IN3OS. The van der Waals surface area contributed by atoms with Gasteiger partial charge in [-0.15, -0.1) is 24.0 Å². The molecule has 0 rings (SSSR count). The molecule has 0 aromatic rings. The van der Waals surface area contributed by atoms with E-state index < -0.39 is 10.8 Å². The summed E-state index contributed by atoms with van der Waals surface area (Å²) in [5.41, 5.74) is 0. The Bertz CT molecular complexity index is 330. The summed E-state index contributed by atoms with van der Waals surface area (Å²) in [6.07, 6.45) is 4.94. The third kappa shape index (κ3) is 12.7. The van der Waals surface area contributed by atoms with Gasteiger partial charge in [0.1, 0.15) is 0 Å². The SMILES string of the molecule is CCCCCC(C)NC(=NCCS(=O)C(C)(C)C)NCC.I. The predicted molar refractivity (Wildman–Crippen MR) is 111 cm³/mol. The number of nitrogens with zero attached hydrogens (tertiary/aromatic N) is 1. The summed E-state index contributed by atoms with van der Waals surface area (Å²) in [5, 5.41) is 6.69. The Kier molecular flexibility index (Phi) is 15.1. The Labute approximate surface area is 157 Å². The average Bonchev–Trinajstić information content (AvgIpc) is 2.38. The van der Waals surface area contributed by atoms with Crippen LogP contribution in [0.4, 0.5) is 0 Å². The van der Waals surface area contributed by atoms with Gasteiger partial charge in [-0.1, -0.05) is 26.2 Å². The lowest BCUT2D eigenvalue weighted by Gasteiger charge is -2.19. The van der Waals surface area contributed by atoms with E-state index in [4.69, 9.17) is 0 Å². The predicted octanol–water partition coefficient (Wildman–Crippen LogP) is 3.68. The number of unbranched alkanes of at least 4 members (excludes halogenated alkanes) is 2. The molecule has 2 atom stereocenters. The van der Waals surface area contributed by atoms with Gasteiger partial charge in [0.15, 0.2) is 5.96 Å². The molecule has 0 aliphatic carbocycles. The zero-order valence-electron chi connectivity index (χ0n) is 15.2. The van der Waals surface area contributed by atoms with Crippen LogP contribution in [0.5, 0.6) is 0 Å². The van der Waals surface area contributed by atoms with Crippen molar-refractivity contribution in [2.45, 2.75) is 78.0 Å². The highest BCUT2D eigenvalue weighted by Crippen LogP contribution is 2.10. The quantitative estimate of drug-likeness (QED) is 0.247. The average molecular weight is 445 g/mol. The first-order chi connectivity index (χ1) is 9.81. The van der Waals surface area contributed by atoms with Gasteiger partial charge in [-0.3, -0.25) is 9.20 Å². The first-order valence-corrected chi connectivity index (χ1v) is 9.56. The second-order valence-corrected chi connectivity index (χ2v) is 8.79. The van der Waals surface area contributed by atoms with Crippen molar-refractivity contribution in [3.8, 4) is 0 Å². The molecule has 0 radical (unpaired) electrons. The van der Waals surface area contributed by atoms with Crippen molar-refractivity contribution in [2.75, 3.05) is 18.8 Å². The summed E-state index contributed by atoms with van der Waals surface area (Å²) in [4.78, 5) is 4.54. The van der Waals surface area contributed by atoms with Crippen LogP contribution in [0.3, 0.4) is 0 Å². The highest BCUT2D eigenvalue weighted by atomic mass is 127. The fraction of sp³-hybridized carbons (Fsp3) is 0.938. The summed E-state index contributed by atoms with van der Waals surface area (Å²) in [7, 11) is -0.839. The van der Waals surface area contributed by atoms with Crippen molar-refractivity contribution in [3.63, 3.8) is 0 Å². The van der Waals surface area contributed by atoms with Crippen LogP contribution in [-0.2, 0) is 10.8 Å². The Hall–Kier alpha value is 0.150. The first-order valence-electron chi connectivity index (χ1n) is 8.24. The molecular weight excluding hydrogens is 409 g/mol. The second-order valence-electron chi connectivity index (χ2n) is 6.46. The van der Waals surface area contributed by atoms with E-state index >= 15 is 0 Å². The zero-order chi connectivity index (χ0) is 16.3. The van der Waals surface area contributed by atoms with E-state index in [9.17, 15) is 4.21 Å². The molecule has 0 amide bonds. The third-order valence-corrected chi connectivity index (χ3v) is 5.12. The molecule has 0 aromatic heterocycles. The number of hydrogen-bond donors (Lipinski definition) is 2. The number of aliphatic imine (C=N–C) groups is 1. The summed E-state index contributed by atoms with van der Waals surface area (Å²) in [6.45, 7) is 13.9. The fourth-order valence-corrected chi connectivity index (χ4v) is 2.74. The van der Waals surface area contributed by atoms with Crippen molar-refractivity contribution in [2.24, 2.45) is 4.99 Å². The van der Waals surface area contributed by atoms with Crippen LogP contribution in [0.15, 0.2) is 4.99 Å². The minimum atomic E-state index is -0.839. The van der Waals surface area contributed by atoms with E-state index in [-0.39, 0.29) is 28.7 Å². The molecule has 4 nitrogen and oxygen atoms in total. The van der Waals surface area contributed by atoms with Crippen LogP contribution < -0.4 is 10.6 Å². The van der Waals surface area contributed by atoms with Gasteiger partial charge in [0, 0.05) is 33.9 Å². The van der Waals surface area contributed by atoms with Gasteiger partial charge in [-0.25, -0.2) is 0 Å². The Morgan fingerprint density at radius 2 is 1.86 bits per heavy atom. The lowest BCUT2D eigenvalue weighted by atomic mass is 10.1. The lowest BCUT2D eigenvalue weighted by molar-refractivity contribution is 0.547. The minimum Gasteiger partial charge on any atom is -0.357 e. The van der Waals surface area contributed by atoms with Crippen molar-refractivity contribution in [1.29, 1.82) is 0 Å². The van der Waals surface area contributed by atoms with Crippen LogP contribution in [0.2, 0.25) is 0 Å². The smallest absolute Gasteiger partial charge is 0.191 e. The highest BCUT2D eigenvalue weighted by Gasteiger charge is 2.18. The maximum atomic E-state index is 12.0. The van der Waals surface area contributed by atoms with Crippen molar-refractivity contribution >= 4 is 40.7 Å². The normalized spacial score (nSPS) is 14.9. The minimum absolute atomic E-state index is 0. The molecule has 0 heterocycles. The molecule has 0 spiro atoms. The van der Waals surface area contributed by atoms with E-state index in [1.165, 1.54) is 19.3 Å². The largest absolute Gasteiger partial charge is 0.357 e. The molecule has 2 N–H and O–H groups in total.